The molecule has 1 unspecified atom stereocenters. The van der Waals surface area contributed by atoms with Crippen LogP contribution in [0.2, 0.25) is 0 Å². The van der Waals surface area contributed by atoms with E-state index >= 15 is 0 Å². The minimum Gasteiger partial charge on any atom is -0.480 e. The summed E-state index contributed by atoms with van der Waals surface area (Å²) in [5.41, 5.74) is 2.78. The Labute approximate surface area is 287 Å². The van der Waals surface area contributed by atoms with Crippen LogP contribution in [0.4, 0.5) is 0 Å². The van der Waals surface area contributed by atoms with Crippen molar-refractivity contribution in [2.24, 2.45) is 50.2 Å². The second-order valence-electron chi connectivity index (χ2n) is 19.0. The van der Waals surface area contributed by atoms with Gasteiger partial charge in [0.15, 0.2) is 11.5 Å². The molecule has 1 aromatic rings. The smallest absolute Gasteiger partial charge is 0.326 e. The Morgan fingerprint density at radius 2 is 1.65 bits per heavy atom. The first kappa shape index (κ1) is 33.9. The Bertz CT molecular complexity index is 1510. The van der Waals surface area contributed by atoms with Gasteiger partial charge in [0.1, 0.15) is 6.04 Å². The quantitative estimate of drug-likeness (QED) is 0.266. The highest BCUT2D eigenvalue weighted by atomic mass is 16.7. The second kappa shape index (κ2) is 11.2. The normalized spacial score (nSPS) is 41.0. The van der Waals surface area contributed by atoms with Crippen LogP contribution in [0.15, 0.2) is 29.8 Å². The molecule has 4 fully saturated rings. The summed E-state index contributed by atoms with van der Waals surface area (Å²) in [6.45, 7) is 17.3. The number of fused-ring (bicyclic) bond motifs is 8. The number of benzene rings is 1. The zero-order valence-corrected chi connectivity index (χ0v) is 30.4. The molecule has 9 atom stereocenters. The average molecular weight is 662 g/mol. The summed E-state index contributed by atoms with van der Waals surface area (Å²) in [6.07, 6.45) is 13.6. The van der Waals surface area contributed by atoms with Gasteiger partial charge in [0.2, 0.25) is 12.7 Å². The molecule has 6 aliphatic rings. The molecule has 5 aliphatic carbocycles. The molecule has 0 aromatic heterocycles. The predicted molar refractivity (Wildman–Crippen MR) is 185 cm³/mol. The molecule has 0 spiro atoms. The number of hydrogen-bond acceptors (Lipinski definition) is 5. The lowest BCUT2D eigenvalue weighted by Gasteiger charge is -2.71. The van der Waals surface area contributed by atoms with Gasteiger partial charge in [-0.2, -0.15) is 0 Å². The topological polar surface area (TPSA) is 105 Å². The Kier molecular flexibility index (Phi) is 7.94. The molecule has 7 nitrogen and oxygen atoms in total. The van der Waals surface area contributed by atoms with Crippen LogP contribution in [0.1, 0.15) is 125 Å². The van der Waals surface area contributed by atoms with E-state index in [1.807, 2.05) is 12.1 Å². The predicted octanol–water partition coefficient (Wildman–Crippen LogP) is 8.08. The van der Waals surface area contributed by atoms with Crippen LogP contribution in [-0.4, -0.2) is 41.0 Å². The number of rotatable bonds is 6. The van der Waals surface area contributed by atoms with E-state index in [2.05, 4.69) is 59.9 Å². The summed E-state index contributed by atoms with van der Waals surface area (Å²) in [7, 11) is 0. The van der Waals surface area contributed by atoms with E-state index in [-0.39, 0.29) is 57.7 Å². The molecule has 1 aromatic carbocycles. The van der Waals surface area contributed by atoms with Gasteiger partial charge >= 0.3 is 5.97 Å². The summed E-state index contributed by atoms with van der Waals surface area (Å²) in [4.78, 5) is 26.4. The van der Waals surface area contributed by atoms with Crippen molar-refractivity contribution in [1.82, 2.24) is 5.32 Å². The molecule has 1 heterocycles. The van der Waals surface area contributed by atoms with Crippen LogP contribution >= 0.6 is 0 Å². The van der Waals surface area contributed by atoms with Gasteiger partial charge in [-0.1, -0.05) is 66.2 Å². The van der Waals surface area contributed by atoms with Crippen molar-refractivity contribution < 1.29 is 29.3 Å². The SMILES string of the molecule is CC1(C)CC[C@]2(CC(=O)NC(Cc3ccc4c(c3)OCO4)C(=O)O)CC[C@]3(C)C(=CC[C@@H]4[C@@]5(C)CC[C@H](O)C(C)(C)[C@@H]5CC[C@]43C)[C@@H]2C1. The largest absolute Gasteiger partial charge is 0.480 e. The maximum atomic E-state index is 14.0. The van der Waals surface area contributed by atoms with E-state index in [1.165, 1.54) is 12.8 Å². The molecule has 264 valence electrons. The fourth-order valence-corrected chi connectivity index (χ4v) is 12.7. The molecule has 4 saturated carbocycles. The Morgan fingerprint density at radius 1 is 0.917 bits per heavy atom. The van der Waals surface area contributed by atoms with Crippen molar-refractivity contribution >= 4 is 11.9 Å². The van der Waals surface area contributed by atoms with E-state index < -0.39 is 12.0 Å². The monoisotopic (exact) mass is 661 g/mol. The van der Waals surface area contributed by atoms with Gasteiger partial charge in [0.25, 0.3) is 0 Å². The molecular formula is C41H59NO6. The number of ether oxygens (including phenoxy) is 2. The summed E-state index contributed by atoms with van der Waals surface area (Å²) >= 11 is 0. The molecule has 0 saturated heterocycles. The highest BCUT2D eigenvalue weighted by molar-refractivity contribution is 5.84. The lowest BCUT2D eigenvalue weighted by atomic mass is 9.33. The molecular weight excluding hydrogens is 602 g/mol. The van der Waals surface area contributed by atoms with Gasteiger partial charge in [-0.05, 0) is 132 Å². The molecule has 3 N–H and O–H groups in total. The van der Waals surface area contributed by atoms with Gasteiger partial charge in [0.05, 0.1) is 6.10 Å². The minimum absolute atomic E-state index is 0.0606. The number of aliphatic hydroxyl groups excluding tert-OH is 1. The standard InChI is InChI=1S/C41H59NO6/c1-36(2)16-18-41(23-34(44)42-28(35(45)46)20-25-8-10-29-30(21-25)48-24-47-29)19-17-39(6)26(27(41)22-36)9-11-32-38(5)14-13-33(43)37(3,4)31(38)12-15-40(32,39)7/h8-10,21,27-28,31-33,43H,11-20,22-24H2,1-7H3,(H,42,44)(H,45,46)/t27-,28?,31-,32+,33-,38-,39+,40+,41+/m0/s1. The van der Waals surface area contributed by atoms with Crippen molar-refractivity contribution in [2.45, 2.75) is 138 Å². The highest BCUT2D eigenvalue weighted by Crippen LogP contribution is 2.76. The molecule has 7 rings (SSSR count). The van der Waals surface area contributed by atoms with Gasteiger partial charge < -0.3 is 25.0 Å². The summed E-state index contributed by atoms with van der Waals surface area (Å²) in [6, 6.07) is 4.46. The number of nitrogens with one attached hydrogen (secondary N) is 1. The van der Waals surface area contributed by atoms with Crippen molar-refractivity contribution in [3.8, 4) is 11.5 Å². The first-order chi connectivity index (χ1) is 22.4. The van der Waals surface area contributed by atoms with Crippen molar-refractivity contribution in [1.29, 1.82) is 0 Å². The third-order valence-electron chi connectivity index (χ3n) is 15.8. The first-order valence-corrected chi connectivity index (χ1v) is 18.7. The molecule has 1 aliphatic heterocycles. The van der Waals surface area contributed by atoms with Gasteiger partial charge in [-0.3, -0.25) is 4.79 Å². The number of aliphatic carboxylic acids is 1. The van der Waals surface area contributed by atoms with Crippen LogP contribution in [-0.2, 0) is 16.0 Å². The number of amides is 1. The zero-order valence-electron chi connectivity index (χ0n) is 30.4. The number of allylic oxidation sites excluding steroid dienone is 2. The molecule has 48 heavy (non-hydrogen) atoms. The van der Waals surface area contributed by atoms with Gasteiger partial charge in [0, 0.05) is 12.8 Å². The number of aliphatic hydroxyl groups is 1. The number of hydrogen-bond donors (Lipinski definition) is 3. The van der Waals surface area contributed by atoms with Gasteiger partial charge in [-0.25, -0.2) is 4.79 Å². The molecule has 0 radical (unpaired) electrons. The van der Waals surface area contributed by atoms with Crippen molar-refractivity contribution in [2.75, 3.05) is 6.79 Å². The summed E-state index contributed by atoms with van der Waals surface area (Å²) in [5.74, 6) is 1.51. The van der Waals surface area contributed by atoms with E-state index in [0.29, 0.717) is 35.7 Å². The molecule has 1 amide bonds. The third-order valence-corrected chi connectivity index (χ3v) is 15.8. The maximum Gasteiger partial charge on any atom is 0.326 e. The zero-order chi connectivity index (χ0) is 34.5. The number of carbonyl (C=O) groups excluding carboxylic acids is 1. The van der Waals surface area contributed by atoms with Gasteiger partial charge in [-0.15, -0.1) is 0 Å². The second-order valence-corrected chi connectivity index (χ2v) is 19.0. The van der Waals surface area contributed by atoms with Crippen LogP contribution in [0.25, 0.3) is 0 Å². The van der Waals surface area contributed by atoms with Crippen LogP contribution < -0.4 is 14.8 Å². The minimum atomic E-state index is -1.02. The third kappa shape index (κ3) is 5.06. The maximum absolute atomic E-state index is 14.0. The lowest BCUT2D eigenvalue weighted by Crippen LogP contribution is -2.64. The highest BCUT2D eigenvalue weighted by Gasteiger charge is 2.68. The molecule has 0 bridgehead atoms. The van der Waals surface area contributed by atoms with Crippen molar-refractivity contribution in [3.05, 3.63) is 35.4 Å². The fourth-order valence-electron chi connectivity index (χ4n) is 12.7. The van der Waals surface area contributed by atoms with E-state index in [1.54, 1.807) is 11.6 Å². The number of carboxylic acids is 1. The Morgan fingerprint density at radius 3 is 2.40 bits per heavy atom. The van der Waals surface area contributed by atoms with E-state index in [9.17, 15) is 19.8 Å². The number of carboxylic acid groups (broad SMARTS) is 1. The van der Waals surface area contributed by atoms with Crippen LogP contribution in [0, 0.1) is 50.2 Å². The summed E-state index contributed by atoms with van der Waals surface area (Å²) < 4.78 is 10.9. The Balaban J connectivity index is 1.16. The van der Waals surface area contributed by atoms with Crippen LogP contribution in [0.5, 0.6) is 11.5 Å². The Hall–Kier alpha value is -2.54. The van der Waals surface area contributed by atoms with Crippen molar-refractivity contribution in [3.63, 3.8) is 0 Å². The lowest BCUT2D eigenvalue weighted by molar-refractivity contribution is -0.203. The van der Waals surface area contributed by atoms with E-state index in [0.717, 1.165) is 56.9 Å². The average Bonchev–Trinajstić information content (AvgIpc) is 3.48. The van der Waals surface area contributed by atoms with E-state index in [4.69, 9.17) is 9.47 Å². The summed E-state index contributed by atoms with van der Waals surface area (Å²) in [5, 5.41) is 24.2. The fraction of sp³-hybridized carbons (Fsp3) is 0.756. The first-order valence-electron chi connectivity index (χ1n) is 18.7. The number of carbonyl (C=O) groups is 2. The van der Waals surface area contributed by atoms with Crippen LogP contribution in [0.3, 0.4) is 0 Å². The molecule has 7 heteroatoms.